The molecule has 0 heterocycles. The summed E-state index contributed by atoms with van der Waals surface area (Å²) in [6.45, 7) is 0. The first kappa shape index (κ1) is 8.05. The van der Waals surface area contributed by atoms with E-state index in [0.717, 1.165) is 12.3 Å². The van der Waals surface area contributed by atoms with E-state index in [0.29, 0.717) is 0 Å². The lowest BCUT2D eigenvalue weighted by Crippen LogP contribution is -2.15. The van der Waals surface area contributed by atoms with Crippen LogP contribution in [0.1, 0.15) is 19.3 Å². The van der Waals surface area contributed by atoms with E-state index in [2.05, 4.69) is 20.7 Å². The fraction of sp³-hybridized carbons (Fsp3) is 0.857. The molecule has 0 amide bonds. The molecule has 1 rings (SSSR count). The Morgan fingerprint density at radius 1 is 1.80 bits per heavy atom. The average molecular weight is 207 g/mol. The molecule has 0 spiro atoms. The minimum atomic E-state index is -0.146. The first-order valence-electron chi connectivity index (χ1n) is 3.46. The molecule has 58 valence electrons. The first-order chi connectivity index (χ1) is 4.74. The van der Waals surface area contributed by atoms with Gasteiger partial charge in [0.05, 0.1) is 7.11 Å². The van der Waals surface area contributed by atoms with Crippen molar-refractivity contribution in [2.45, 2.75) is 24.1 Å². The van der Waals surface area contributed by atoms with E-state index < -0.39 is 0 Å². The van der Waals surface area contributed by atoms with Gasteiger partial charge in [0.15, 0.2) is 0 Å². The van der Waals surface area contributed by atoms with Gasteiger partial charge >= 0.3 is 5.97 Å². The van der Waals surface area contributed by atoms with E-state index in [1.807, 2.05) is 0 Å². The molecule has 3 heteroatoms. The molecule has 1 aliphatic carbocycles. The molecule has 0 N–H and O–H groups in total. The summed E-state index contributed by atoms with van der Waals surface area (Å²) in [6, 6.07) is 0. The van der Waals surface area contributed by atoms with E-state index in [1.165, 1.54) is 20.0 Å². The number of halogens is 1. The molecule has 1 fully saturated rings. The SMILES string of the molecule is COC(=O)C(Br)CC1CC1. The van der Waals surface area contributed by atoms with Gasteiger partial charge in [-0.25, -0.2) is 0 Å². The normalized spacial score (nSPS) is 20.2. The second-order valence-electron chi connectivity index (χ2n) is 2.67. The summed E-state index contributed by atoms with van der Waals surface area (Å²) in [5.74, 6) is 0.621. The van der Waals surface area contributed by atoms with Crippen LogP contribution >= 0.6 is 15.9 Å². The van der Waals surface area contributed by atoms with Crippen molar-refractivity contribution >= 4 is 21.9 Å². The minimum absolute atomic E-state index is 0.0787. The summed E-state index contributed by atoms with van der Waals surface area (Å²) in [4.78, 5) is 10.7. The first-order valence-corrected chi connectivity index (χ1v) is 4.37. The summed E-state index contributed by atoms with van der Waals surface area (Å²) in [7, 11) is 1.42. The van der Waals surface area contributed by atoms with Gasteiger partial charge in [-0.2, -0.15) is 0 Å². The van der Waals surface area contributed by atoms with Crippen molar-refractivity contribution in [3.05, 3.63) is 0 Å². The van der Waals surface area contributed by atoms with Gasteiger partial charge in [-0.3, -0.25) is 4.79 Å². The van der Waals surface area contributed by atoms with Crippen LogP contribution in [0, 0.1) is 5.92 Å². The second-order valence-corrected chi connectivity index (χ2v) is 3.78. The van der Waals surface area contributed by atoms with Crippen LogP contribution in [0.2, 0.25) is 0 Å². The van der Waals surface area contributed by atoms with Crippen molar-refractivity contribution in [3.63, 3.8) is 0 Å². The van der Waals surface area contributed by atoms with Crippen molar-refractivity contribution < 1.29 is 9.53 Å². The van der Waals surface area contributed by atoms with Crippen molar-refractivity contribution in [2.24, 2.45) is 5.92 Å². The molecule has 1 aliphatic rings. The predicted molar refractivity (Wildman–Crippen MR) is 42.1 cm³/mol. The molecule has 2 nitrogen and oxygen atoms in total. The summed E-state index contributed by atoms with van der Waals surface area (Å²) in [5, 5.41) is 0. The standard InChI is InChI=1S/C7H11BrO2/c1-10-7(9)6(8)4-5-2-3-5/h5-6H,2-4H2,1H3. The third-order valence-corrected chi connectivity index (χ3v) is 2.44. The Morgan fingerprint density at radius 3 is 2.80 bits per heavy atom. The summed E-state index contributed by atoms with van der Waals surface area (Å²) >= 11 is 3.27. The summed E-state index contributed by atoms with van der Waals surface area (Å²) in [6.07, 6.45) is 3.49. The Bertz CT molecular complexity index is 132. The van der Waals surface area contributed by atoms with Crippen LogP contribution in [0.15, 0.2) is 0 Å². The third kappa shape index (κ3) is 2.29. The molecule has 0 bridgehead atoms. The van der Waals surface area contributed by atoms with Crippen molar-refractivity contribution in [1.29, 1.82) is 0 Å². The zero-order valence-electron chi connectivity index (χ0n) is 5.97. The maximum Gasteiger partial charge on any atom is 0.319 e. The maximum atomic E-state index is 10.8. The van der Waals surface area contributed by atoms with Crippen LogP contribution in [0.3, 0.4) is 0 Å². The molecule has 10 heavy (non-hydrogen) atoms. The van der Waals surface area contributed by atoms with E-state index in [9.17, 15) is 4.79 Å². The number of hydrogen-bond acceptors (Lipinski definition) is 2. The summed E-state index contributed by atoms with van der Waals surface area (Å²) in [5.41, 5.74) is 0. The van der Waals surface area contributed by atoms with Gasteiger partial charge in [-0.05, 0) is 12.3 Å². The third-order valence-electron chi connectivity index (χ3n) is 1.69. The average Bonchev–Trinajstić information content (AvgIpc) is 2.70. The topological polar surface area (TPSA) is 26.3 Å². The van der Waals surface area contributed by atoms with E-state index in [1.54, 1.807) is 0 Å². The fourth-order valence-electron chi connectivity index (χ4n) is 0.870. The Kier molecular flexibility index (Phi) is 2.72. The van der Waals surface area contributed by atoms with Crippen LogP contribution in [0.5, 0.6) is 0 Å². The highest BCUT2D eigenvalue weighted by Crippen LogP contribution is 2.35. The lowest BCUT2D eigenvalue weighted by atomic mass is 10.2. The highest BCUT2D eigenvalue weighted by atomic mass is 79.9. The lowest BCUT2D eigenvalue weighted by molar-refractivity contribution is -0.140. The van der Waals surface area contributed by atoms with Crippen molar-refractivity contribution in [1.82, 2.24) is 0 Å². The van der Waals surface area contributed by atoms with Crippen molar-refractivity contribution in [2.75, 3.05) is 7.11 Å². The van der Waals surface area contributed by atoms with Gasteiger partial charge in [0, 0.05) is 0 Å². The molecular formula is C7H11BrO2. The predicted octanol–water partition coefficient (Wildman–Crippen LogP) is 1.72. The number of ether oxygens (including phenoxy) is 1. The molecule has 1 atom stereocenters. The number of esters is 1. The van der Waals surface area contributed by atoms with E-state index in [-0.39, 0.29) is 10.8 Å². The minimum Gasteiger partial charge on any atom is -0.468 e. The van der Waals surface area contributed by atoms with Crippen LogP contribution < -0.4 is 0 Å². The van der Waals surface area contributed by atoms with Crippen molar-refractivity contribution in [3.8, 4) is 0 Å². The number of hydrogen-bond donors (Lipinski definition) is 0. The number of carbonyl (C=O) groups excluding carboxylic acids is 1. The highest BCUT2D eigenvalue weighted by molar-refractivity contribution is 9.10. The van der Waals surface area contributed by atoms with Crippen LogP contribution in [-0.4, -0.2) is 17.9 Å². The number of alkyl halides is 1. The second kappa shape index (κ2) is 3.37. The Hall–Kier alpha value is -0.0500. The fourth-order valence-corrected chi connectivity index (χ4v) is 1.59. The number of carbonyl (C=O) groups is 1. The molecule has 0 aliphatic heterocycles. The van der Waals surface area contributed by atoms with Gasteiger partial charge in [0.25, 0.3) is 0 Å². The molecule has 0 radical (unpaired) electrons. The Labute approximate surface area is 69.1 Å². The number of methoxy groups -OCH3 is 1. The van der Waals surface area contributed by atoms with E-state index >= 15 is 0 Å². The largest absolute Gasteiger partial charge is 0.468 e. The summed E-state index contributed by atoms with van der Waals surface area (Å²) < 4.78 is 4.55. The zero-order valence-corrected chi connectivity index (χ0v) is 7.56. The van der Waals surface area contributed by atoms with Crippen LogP contribution in [0.25, 0.3) is 0 Å². The zero-order chi connectivity index (χ0) is 7.56. The monoisotopic (exact) mass is 206 g/mol. The molecule has 1 unspecified atom stereocenters. The van der Waals surface area contributed by atoms with Gasteiger partial charge in [0.1, 0.15) is 4.83 Å². The van der Waals surface area contributed by atoms with Gasteiger partial charge in [-0.15, -0.1) is 0 Å². The molecule has 0 aromatic carbocycles. The lowest BCUT2D eigenvalue weighted by Gasteiger charge is -2.04. The van der Waals surface area contributed by atoms with E-state index in [4.69, 9.17) is 0 Å². The molecule has 1 saturated carbocycles. The van der Waals surface area contributed by atoms with Gasteiger partial charge in [0.2, 0.25) is 0 Å². The Morgan fingerprint density at radius 2 is 2.40 bits per heavy atom. The highest BCUT2D eigenvalue weighted by Gasteiger charge is 2.27. The van der Waals surface area contributed by atoms with Crippen LogP contribution in [-0.2, 0) is 9.53 Å². The molecule has 0 aromatic rings. The number of rotatable bonds is 3. The molecular weight excluding hydrogens is 196 g/mol. The molecule has 0 saturated heterocycles. The van der Waals surface area contributed by atoms with Gasteiger partial charge in [-0.1, -0.05) is 28.8 Å². The smallest absolute Gasteiger partial charge is 0.319 e. The van der Waals surface area contributed by atoms with Crippen LogP contribution in [0.4, 0.5) is 0 Å². The Balaban J connectivity index is 2.18. The maximum absolute atomic E-state index is 10.8. The molecule has 0 aromatic heterocycles. The van der Waals surface area contributed by atoms with Gasteiger partial charge < -0.3 is 4.74 Å². The quantitative estimate of drug-likeness (QED) is 0.520.